The van der Waals surface area contributed by atoms with Gasteiger partial charge < -0.3 is 0 Å². The van der Waals surface area contributed by atoms with Crippen LogP contribution in [0.3, 0.4) is 0 Å². The number of hydrogen-bond acceptors (Lipinski definition) is 3. The summed E-state index contributed by atoms with van der Waals surface area (Å²) in [6, 6.07) is 3.89. The van der Waals surface area contributed by atoms with Gasteiger partial charge in [0.1, 0.15) is 0 Å². The van der Waals surface area contributed by atoms with Gasteiger partial charge in [-0.1, -0.05) is 6.07 Å². The van der Waals surface area contributed by atoms with E-state index >= 15 is 0 Å². The topological polar surface area (TPSA) is 45.2 Å². The maximum atomic E-state index is 11.4. The highest BCUT2D eigenvalue weighted by Gasteiger charge is 2.23. The summed E-state index contributed by atoms with van der Waals surface area (Å²) in [5.74, 6) is 0.815. The maximum absolute atomic E-state index is 11.4. The number of aromatic nitrogens is 1. The van der Waals surface area contributed by atoms with Crippen LogP contribution >= 0.6 is 0 Å². The van der Waals surface area contributed by atoms with E-state index in [0.29, 0.717) is 6.42 Å². The second-order valence-electron chi connectivity index (χ2n) is 2.94. The number of nitrogens with zero attached hydrogens (tertiary/aromatic N) is 2. The molecule has 0 spiro atoms. The predicted molar refractivity (Wildman–Crippen MR) is 49.1 cm³/mol. The lowest BCUT2D eigenvalue weighted by Crippen LogP contribution is -2.44. The van der Waals surface area contributed by atoms with E-state index in [1.54, 1.807) is 13.2 Å². The number of pyridine rings is 1. The van der Waals surface area contributed by atoms with Gasteiger partial charge >= 0.3 is 0 Å². The van der Waals surface area contributed by atoms with Gasteiger partial charge in [0, 0.05) is 19.7 Å². The molecule has 1 aromatic heterocycles. The van der Waals surface area contributed by atoms with E-state index in [-0.39, 0.29) is 5.91 Å². The van der Waals surface area contributed by atoms with Crippen molar-refractivity contribution < 1.29 is 4.79 Å². The Kier molecular flexibility index (Phi) is 1.98. The van der Waals surface area contributed by atoms with Crippen molar-refractivity contribution in [3.63, 3.8) is 0 Å². The number of aryl methyl sites for hydroxylation is 1. The van der Waals surface area contributed by atoms with Gasteiger partial charge in [0.05, 0.1) is 0 Å². The van der Waals surface area contributed by atoms with E-state index in [1.165, 1.54) is 5.01 Å². The van der Waals surface area contributed by atoms with Crippen molar-refractivity contribution in [2.24, 2.45) is 0 Å². The van der Waals surface area contributed by atoms with E-state index in [2.05, 4.69) is 10.4 Å². The molecule has 0 unspecified atom stereocenters. The molecule has 2 heterocycles. The molecule has 0 saturated carbocycles. The lowest BCUT2D eigenvalue weighted by atomic mass is 10.1. The first kappa shape index (κ1) is 8.19. The standard InChI is InChI=1S/C9H11N3O/c1-10-12-8(13)5-4-7-3-2-6-11-9(7)12/h2-3,6,10H,4-5H2,1H3. The third-order valence-electron chi connectivity index (χ3n) is 2.16. The van der Waals surface area contributed by atoms with Crippen molar-refractivity contribution in [1.29, 1.82) is 0 Å². The molecule has 1 aromatic rings. The molecule has 1 aliphatic heterocycles. The monoisotopic (exact) mass is 177 g/mol. The van der Waals surface area contributed by atoms with Gasteiger partial charge in [0.25, 0.3) is 0 Å². The number of hydrazine groups is 1. The third-order valence-corrected chi connectivity index (χ3v) is 2.16. The molecular weight excluding hydrogens is 166 g/mol. The molecule has 68 valence electrons. The van der Waals surface area contributed by atoms with Crippen LogP contribution < -0.4 is 10.4 Å². The van der Waals surface area contributed by atoms with Crippen LogP contribution in [-0.2, 0) is 11.2 Å². The summed E-state index contributed by atoms with van der Waals surface area (Å²) in [6.45, 7) is 0. The molecule has 0 aliphatic carbocycles. The Morgan fingerprint density at radius 1 is 1.54 bits per heavy atom. The summed E-state index contributed by atoms with van der Waals surface area (Å²) < 4.78 is 0. The van der Waals surface area contributed by atoms with E-state index in [0.717, 1.165) is 17.8 Å². The van der Waals surface area contributed by atoms with Gasteiger partial charge in [-0.3, -0.25) is 4.79 Å². The largest absolute Gasteiger partial charge is 0.273 e. The van der Waals surface area contributed by atoms with E-state index in [4.69, 9.17) is 0 Å². The molecule has 0 radical (unpaired) electrons. The van der Waals surface area contributed by atoms with Crippen molar-refractivity contribution in [3.8, 4) is 0 Å². The highest BCUT2D eigenvalue weighted by molar-refractivity contribution is 5.94. The molecule has 4 nitrogen and oxygen atoms in total. The zero-order valence-corrected chi connectivity index (χ0v) is 7.45. The minimum absolute atomic E-state index is 0.0775. The molecule has 1 N–H and O–H groups in total. The van der Waals surface area contributed by atoms with Crippen LogP contribution in [-0.4, -0.2) is 17.9 Å². The highest BCUT2D eigenvalue weighted by Crippen LogP contribution is 2.22. The molecule has 0 aromatic carbocycles. The van der Waals surface area contributed by atoms with Gasteiger partial charge in [0.15, 0.2) is 5.82 Å². The van der Waals surface area contributed by atoms with Crippen LogP contribution in [0.15, 0.2) is 18.3 Å². The minimum Gasteiger partial charge on any atom is -0.273 e. The fourth-order valence-electron chi connectivity index (χ4n) is 1.53. The summed E-state index contributed by atoms with van der Waals surface area (Å²) in [6.07, 6.45) is 3.04. The number of hydrogen-bond donors (Lipinski definition) is 1. The van der Waals surface area contributed by atoms with E-state index in [9.17, 15) is 4.79 Å². The quantitative estimate of drug-likeness (QED) is 0.679. The predicted octanol–water partition coefficient (Wildman–Crippen LogP) is 0.495. The molecule has 0 saturated heterocycles. The number of amides is 1. The first-order chi connectivity index (χ1) is 6.33. The molecular formula is C9H11N3O. The Labute approximate surface area is 76.5 Å². The molecule has 0 bridgehead atoms. The lowest BCUT2D eigenvalue weighted by molar-refractivity contribution is -0.119. The first-order valence-corrected chi connectivity index (χ1v) is 4.27. The van der Waals surface area contributed by atoms with Crippen molar-refractivity contribution in [1.82, 2.24) is 10.4 Å². The second-order valence-corrected chi connectivity index (χ2v) is 2.94. The maximum Gasteiger partial charge on any atom is 0.243 e. The normalized spacial score (nSPS) is 15.8. The second kappa shape index (κ2) is 3.14. The number of carbonyl (C=O) groups is 1. The van der Waals surface area contributed by atoms with Crippen molar-refractivity contribution in [2.75, 3.05) is 12.1 Å². The number of rotatable bonds is 1. The van der Waals surface area contributed by atoms with Crippen LogP contribution in [0, 0.1) is 0 Å². The summed E-state index contributed by atoms with van der Waals surface area (Å²) in [5.41, 5.74) is 3.95. The summed E-state index contributed by atoms with van der Waals surface area (Å²) in [7, 11) is 1.72. The lowest BCUT2D eigenvalue weighted by Gasteiger charge is -2.26. The average Bonchev–Trinajstić information content (AvgIpc) is 2.18. The van der Waals surface area contributed by atoms with Gasteiger partial charge in [-0.25, -0.2) is 15.4 Å². The first-order valence-electron chi connectivity index (χ1n) is 4.27. The Balaban J connectivity index is 2.45. The third kappa shape index (κ3) is 1.29. The molecule has 0 atom stereocenters. The number of anilines is 1. The van der Waals surface area contributed by atoms with Crippen molar-refractivity contribution in [2.45, 2.75) is 12.8 Å². The summed E-state index contributed by atoms with van der Waals surface area (Å²) in [4.78, 5) is 15.6. The van der Waals surface area contributed by atoms with Crippen LogP contribution in [0.4, 0.5) is 5.82 Å². The molecule has 1 aliphatic rings. The highest BCUT2D eigenvalue weighted by atomic mass is 16.2. The number of carbonyl (C=O) groups excluding carboxylic acids is 1. The van der Waals surface area contributed by atoms with E-state index in [1.807, 2.05) is 12.1 Å². The Bertz CT molecular complexity index is 337. The number of nitrogens with one attached hydrogen (secondary N) is 1. The number of fused-ring (bicyclic) bond motifs is 1. The van der Waals surface area contributed by atoms with E-state index < -0.39 is 0 Å². The average molecular weight is 177 g/mol. The van der Waals surface area contributed by atoms with Crippen LogP contribution in [0.2, 0.25) is 0 Å². The van der Waals surface area contributed by atoms with Crippen molar-refractivity contribution >= 4 is 11.7 Å². The van der Waals surface area contributed by atoms with Gasteiger partial charge in [0.2, 0.25) is 5.91 Å². The molecule has 1 amide bonds. The molecule has 2 rings (SSSR count). The Morgan fingerprint density at radius 2 is 2.38 bits per heavy atom. The van der Waals surface area contributed by atoms with Gasteiger partial charge in [-0.2, -0.15) is 0 Å². The van der Waals surface area contributed by atoms with Gasteiger partial charge in [-0.05, 0) is 18.1 Å². The minimum atomic E-state index is 0.0775. The SMILES string of the molecule is CNN1C(=O)CCc2cccnc21. The van der Waals surface area contributed by atoms with Crippen LogP contribution in [0.5, 0.6) is 0 Å². The Hall–Kier alpha value is -1.42. The van der Waals surface area contributed by atoms with Gasteiger partial charge in [-0.15, -0.1) is 0 Å². The smallest absolute Gasteiger partial charge is 0.243 e. The summed E-state index contributed by atoms with van der Waals surface area (Å²) in [5, 5.41) is 1.50. The molecule has 4 heteroatoms. The molecule has 0 fully saturated rings. The summed E-state index contributed by atoms with van der Waals surface area (Å²) >= 11 is 0. The fraction of sp³-hybridized carbons (Fsp3) is 0.333. The zero-order chi connectivity index (χ0) is 9.26. The Morgan fingerprint density at radius 3 is 3.15 bits per heavy atom. The molecule has 13 heavy (non-hydrogen) atoms. The fourth-order valence-corrected chi connectivity index (χ4v) is 1.53. The van der Waals surface area contributed by atoms with Crippen LogP contribution in [0.25, 0.3) is 0 Å². The van der Waals surface area contributed by atoms with Crippen LogP contribution in [0.1, 0.15) is 12.0 Å². The zero-order valence-electron chi connectivity index (χ0n) is 7.45. The van der Waals surface area contributed by atoms with Crippen molar-refractivity contribution in [3.05, 3.63) is 23.9 Å².